The van der Waals surface area contributed by atoms with Gasteiger partial charge in [-0.15, -0.1) is 0 Å². The Balaban J connectivity index is 4.05. The first-order valence-corrected chi connectivity index (χ1v) is 3.66. The van der Waals surface area contributed by atoms with E-state index in [4.69, 9.17) is 5.73 Å². The molecule has 0 spiro atoms. The lowest BCUT2D eigenvalue weighted by Crippen LogP contribution is -1.85. The van der Waals surface area contributed by atoms with Crippen LogP contribution in [0.3, 0.4) is 0 Å². The Bertz CT molecular complexity index is 152. The fourth-order valence-corrected chi connectivity index (χ4v) is 0.943. The van der Waals surface area contributed by atoms with Crippen LogP contribution in [0.25, 0.3) is 0 Å². The Morgan fingerprint density at radius 1 is 1.67 bits per heavy atom. The number of rotatable bonds is 2. The lowest BCUT2D eigenvalue weighted by Gasteiger charge is -1.88. The second kappa shape index (κ2) is 4.61. The van der Waals surface area contributed by atoms with Gasteiger partial charge in [-0.25, -0.2) is 0 Å². The van der Waals surface area contributed by atoms with Crippen LogP contribution in [-0.4, -0.2) is 0 Å². The van der Waals surface area contributed by atoms with Gasteiger partial charge in [0.2, 0.25) is 0 Å². The van der Waals surface area contributed by atoms with Gasteiger partial charge in [0.05, 0.1) is 3.70 Å². The fraction of sp³-hybridized carbons (Fsp3) is 0.143. The summed E-state index contributed by atoms with van der Waals surface area (Å²) in [4.78, 5) is 0. The van der Waals surface area contributed by atoms with Crippen molar-refractivity contribution in [2.24, 2.45) is 5.73 Å². The molecule has 0 aliphatic carbocycles. The topological polar surface area (TPSA) is 26.0 Å². The highest BCUT2D eigenvalue weighted by Gasteiger charge is 1.80. The molecule has 0 fully saturated rings. The van der Waals surface area contributed by atoms with E-state index in [0.29, 0.717) is 0 Å². The molecule has 0 bridgehead atoms. The van der Waals surface area contributed by atoms with Gasteiger partial charge in [0.15, 0.2) is 0 Å². The van der Waals surface area contributed by atoms with Gasteiger partial charge in [0.1, 0.15) is 0 Å². The molecule has 0 amide bonds. The van der Waals surface area contributed by atoms with Crippen LogP contribution in [0.4, 0.5) is 0 Å². The third-order valence-electron chi connectivity index (χ3n) is 0.746. The average molecular weight is 235 g/mol. The van der Waals surface area contributed by atoms with Crippen LogP contribution >= 0.6 is 22.6 Å². The van der Waals surface area contributed by atoms with Crippen LogP contribution in [0.1, 0.15) is 6.92 Å². The molecule has 0 aromatic carbocycles. The van der Waals surface area contributed by atoms with E-state index >= 15 is 0 Å². The molecular formula is C7H10IN. The summed E-state index contributed by atoms with van der Waals surface area (Å²) in [6.45, 7) is 5.54. The third-order valence-corrected chi connectivity index (χ3v) is 1.06. The van der Waals surface area contributed by atoms with Crippen molar-refractivity contribution >= 4 is 22.6 Å². The molecule has 0 saturated heterocycles. The molecule has 2 heteroatoms. The molecule has 0 saturated carbocycles. The maximum absolute atomic E-state index is 5.40. The summed E-state index contributed by atoms with van der Waals surface area (Å²) >= 11 is 2.06. The van der Waals surface area contributed by atoms with Crippen LogP contribution in [0, 0.1) is 0 Å². The molecule has 0 heterocycles. The molecule has 9 heavy (non-hydrogen) atoms. The number of nitrogens with two attached hydrogens (primary N) is 1. The van der Waals surface area contributed by atoms with E-state index in [1.807, 2.05) is 19.1 Å². The summed E-state index contributed by atoms with van der Waals surface area (Å²) in [5, 5.41) is 0. The van der Waals surface area contributed by atoms with Crippen molar-refractivity contribution in [3.63, 3.8) is 0 Å². The Labute approximate surface area is 69.5 Å². The second-order valence-corrected chi connectivity index (χ2v) is 2.92. The molecule has 0 aromatic heterocycles. The zero-order valence-corrected chi connectivity index (χ0v) is 7.55. The summed E-state index contributed by atoms with van der Waals surface area (Å²) < 4.78 is 0.795. The van der Waals surface area contributed by atoms with Gasteiger partial charge in [-0.2, -0.15) is 0 Å². The van der Waals surface area contributed by atoms with Gasteiger partial charge in [0, 0.05) is 0 Å². The monoisotopic (exact) mass is 235 g/mol. The molecule has 0 unspecified atom stereocenters. The third kappa shape index (κ3) is 5.62. The molecule has 0 atom stereocenters. The first-order chi connectivity index (χ1) is 4.16. The largest absolute Gasteiger partial charge is 0.394 e. The molecule has 50 valence electrons. The van der Waals surface area contributed by atoms with E-state index in [9.17, 15) is 0 Å². The normalized spacial score (nSPS) is 13.6. The summed E-state index contributed by atoms with van der Waals surface area (Å²) in [7, 11) is 0. The number of hydrogen-bond donors (Lipinski definition) is 1. The Morgan fingerprint density at radius 3 is 2.56 bits per heavy atom. The SMILES string of the molecule is C=C/C=C(C)\C=C(/N)I. The quantitative estimate of drug-likeness (QED) is 0.443. The summed E-state index contributed by atoms with van der Waals surface area (Å²) in [6, 6.07) is 0. The molecule has 0 aromatic rings. The van der Waals surface area contributed by atoms with Crippen molar-refractivity contribution in [2.45, 2.75) is 6.92 Å². The lowest BCUT2D eigenvalue weighted by molar-refractivity contribution is 1.47. The Hall–Kier alpha value is -0.250. The summed E-state index contributed by atoms with van der Waals surface area (Å²) in [5.74, 6) is 0. The second-order valence-electron chi connectivity index (χ2n) is 1.68. The van der Waals surface area contributed by atoms with Crippen LogP contribution in [0.2, 0.25) is 0 Å². The van der Waals surface area contributed by atoms with E-state index in [1.165, 1.54) is 0 Å². The van der Waals surface area contributed by atoms with E-state index in [2.05, 4.69) is 29.2 Å². The predicted molar refractivity (Wildman–Crippen MR) is 50.2 cm³/mol. The van der Waals surface area contributed by atoms with Crippen molar-refractivity contribution in [3.8, 4) is 0 Å². The van der Waals surface area contributed by atoms with Crippen LogP contribution in [0.15, 0.2) is 34.1 Å². The molecule has 0 rings (SSSR count). The van der Waals surface area contributed by atoms with E-state index in [0.717, 1.165) is 9.28 Å². The van der Waals surface area contributed by atoms with Crippen molar-refractivity contribution in [1.29, 1.82) is 0 Å². The average Bonchev–Trinajstić information content (AvgIpc) is 1.63. The van der Waals surface area contributed by atoms with Gasteiger partial charge < -0.3 is 5.73 Å². The minimum atomic E-state index is 0.795. The standard InChI is InChI=1S/C7H10IN/c1-3-4-6(2)5-7(8)9/h3-5H,1,9H2,2H3/b6-4-,7-5-. The highest BCUT2D eigenvalue weighted by molar-refractivity contribution is 14.1. The minimum absolute atomic E-state index is 0.795. The molecule has 0 radical (unpaired) electrons. The van der Waals surface area contributed by atoms with Crippen LogP contribution in [0.5, 0.6) is 0 Å². The van der Waals surface area contributed by atoms with Crippen molar-refractivity contribution < 1.29 is 0 Å². The number of halogens is 1. The summed E-state index contributed by atoms with van der Waals surface area (Å²) in [6.07, 6.45) is 5.54. The number of allylic oxidation sites excluding steroid dienone is 4. The number of hydrogen-bond acceptors (Lipinski definition) is 1. The fourth-order valence-electron chi connectivity index (χ4n) is 0.452. The van der Waals surface area contributed by atoms with E-state index in [1.54, 1.807) is 6.08 Å². The smallest absolute Gasteiger partial charge is 0.0708 e. The summed E-state index contributed by atoms with van der Waals surface area (Å²) in [5.41, 5.74) is 6.52. The molecule has 0 aliphatic heterocycles. The van der Waals surface area contributed by atoms with Crippen molar-refractivity contribution in [1.82, 2.24) is 0 Å². The van der Waals surface area contributed by atoms with Crippen molar-refractivity contribution in [2.75, 3.05) is 0 Å². The molecule has 0 aliphatic rings. The van der Waals surface area contributed by atoms with Gasteiger partial charge in [-0.05, 0) is 41.2 Å². The van der Waals surface area contributed by atoms with E-state index < -0.39 is 0 Å². The van der Waals surface area contributed by atoms with Crippen LogP contribution in [-0.2, 0) is 0 Å². The van der Waals surface area contributed by atoms with Crippen LogP contribution < -0.4 is 5.73 Å². The minimum Gasteiger partial charge on any atom is -0.394 e. The lowest BCUT2D eigenvalue weighted by atomic mass is 10.3. The van der Waals surface area contributed by atoms with Gasteiger partial charge in [0.25, 0.3) is 0 Å². The van der Waals surface area contributed by atoms with Gasteiger partial charge in [-0.1, -0.05) is 18.7 Å². The maximum atomic E-state index is 5.40. The Kier molecular flexibility index (Phi) is 4.48. The zero-order valence-electron chi connectivity index (χ0n) is 5.39. The molecular weight excluding hydrogens is 225 g/mol. The first-order valence-electron chi connectivity index (χ1n) is 2.59. The van der Waals surface area contributed by atoms with Gasteiger partial charge >= 0.3 is 0 Å². The van der Waals surface area contributed by atoms with Crippen molar-refractivity contribution in [3.05, 3.63) is 34.1 Å². The first kappa shape index (κ1) is 8.75. The van der Waals surface area contributed by atoms with E-state index in [-0.39, 0.29) is 0 Å². The molecule has 2 N–H and O–H groups in total. The molecule has 1 nitrogen and oxygen atoms in total. The van der Waals surface area contributed by atoms with Gasteiger partial charge in [-0.3, -0.25) is 0 Å². The zero-order chi connectivity index (χ0) is 7.28. The maximum Gasteiger partial charge on any atom is 0.0708 e. The highest BCUT2D eigenvalue weighted by atomic mass is 127. The Morgan fingerprint density at radius 2 is 2.22 bits per heavy atom. The highest BCUT2D eigenvalue weighted by Crippen LogP contribution is 2.02. The predicted octanol–water partition coefficient (Wildman–Crippen LogP) is 2.35.